The Morgan fingerprint density at radius 3 is 2.76 bits per heavy atom. The molecule has 2 N–H and O–H groups in total. The van der Waals surface area contributed by atoms with Gasteiger partial charge in [0.2, 0.25) is 0 Å². The maximum absolute atomic E-state index is 13.3. The number of hydrogen-bond donors (Lipinski definition) is 1. The van der Waals surface area contributed by atoms with Crippen LogP contribution >= 0.6 is 0 Å². The summed E-state index contributed by atoms with van der Waals surface area (Å²) < 4.78 is 13.3. The number of anilines is 1. The van der Waals surface area contributed by atoms with Crippen LogP contribution < -0.4 is 5.73 Å². The molecule has 0 bridgehead atoms. The predicted molar refractivity (Wildman–Crippen MR) is 69.1 cm³/mol. The van der Waals surface area contributed by atoms with Crippen molar-refractivity contribution in [3.8, 4) is 0 Å². The Morgan fingerprint density at radius 1 is 1.35 bits per heavy atom. The van der Waals surface area contributed by atoms with E-state index < -0.39 is 0 Å². The molecule has 1 saturated heterocycles. The predicted octanol–water partition coefficient (Wildman–Crippen LogP) is 3.17. The third-order valence-corrected chi connectivity index (χ3v) is 3.77. The number of hydrogen-bond acceptors (Lipinski definition) is 2. The van der Waals surface area contributed by atoms with Gasteiger partial charge in [0, 0.05) is 24.3 Å². The van der Waals surface area contributed by atoms with Gasteiger partial charge in [-0.2, -0.15) is 0 Å². The van der Waals surface area contributed by atoms with Crippen LogP contribution in [0.2, 0.25) is 0 Å². The van der Waals surface area contributed by atoms with Crippen molar-refractivity contribution in [2.24, 2.45) is 0 Å². The summed E-state index contributed by atoms with van der Waals surface area (Å²) in [4.78, 5) is 2.47. The van der Waals surface area contributed by atoms with Gasteiger partial charge in [-0.05, 0) is 49.9 Å². The first-order valence-electron chi connectivity index (χ1n) is 6.41. The van der Waals surface area contributed by atoms with E-state index in [9.17, 15) is 4.39 Å². The Labute approximate surface area is 103 Å². The monoisotopic (exact) mass is 236 g/mol. The van der Waals surface area contributed by atoms with E-state index in [1.54, 1.807) is 6.07 Å². The van der Waals surface area contributed by atoms with Gasteiger partial charge in [-0.1, -0.05) is 6.92 Å². The van der Waals surface area contributed by atoms with Crippen molar-refractivity contribution in [1.82, 2.24) is 4.90 Å². The summed E-state index contributed by atoms with van der Waals surface area (Å²) in [6, 6.07) is 6.06. The summed E-state index contributed by atoms with van der Waals surface area (Å²) in [5, 5.41) is 0. The topological polar surface area (TPSA) is 29.3 Å². The van der Waals surface area contributed by atoms with Gasteiger partial charge < -0.3 is 5.73 Å². The fourth-order valence-electron chi connectivity index (χ4n) is 2.83. The van der Waals surface area contributed by atoms with E-state index in [0.717, 1.165) is 18.5 Å². The van der Waals surface area contributed by atoms with Crippen molar-refractivity contribution in [2.75, 3.05) is 5.73 Å². The Morgan fingerprint density at radius 2 is 2.12 bits per heavy atom. The van der Waals surface area contributed by atoms with Gasteiger partial charge >= 0.3 is 0 Å². The zero-order valence-corrected chi connectivity index (χ0v) is 10.6. The van der Waals surface area contributed by atoms with Crippen LogP contribution in [0.25, 0.3) is 0 Å². The smallest absolute Gasteiger partial charge is 0.125 e. The molecule has 0 aliphatic carbocycles. The Hall–Kier alpha value is -1.09. The van der Waals surface area contributed by atoms with Crippen LogP contribution in [0.15, 0.2) is 18.2 Å². The lowest BCUT2D eigenvalue weighted by molar-refractivity contribution is 0.189. The molecule has 1 aliphatic heterocycles. The Kier molecular flexibility index (Phi) is 3.67. The molecular formula is C14H21FN2. The lowest BCUT2D eigenvalue weighted by Gasteiger charge is -2.27. The van der Waals surface area contributed by atoms with Crippen LogP contribution in [0.4, 0.5) is 10.1 Å². The molecule has 3 heteroatoms. The maximum Gasteiger partial charge on any atom is 0.125 e. The lowest BCUT2D eigenvalue weighted by atomic mass is 10.1. The van der Waals surface area contributed by atoms with Crippen molar-refractivity contribution in [3.63, 3.8) is 0 Å². The molecule has 1 aromatic rings. The molecule has 1 fully saturated rings. The minimum atomic E-state index is -0.236. The van der Waals surface area contributed by atoms with E-state index in [1.165, 1.54) is 18.9 Å². The Balaban J connectivity index is 2.13. The number of nitrogen functional groups attached to an aromatic ring is 1. The van der Waals surface area contributed by atoms with Gasteiger partial charge in [0.05, 0.1) is 0 Å². The first-order chi connectivity index (χ1) is 8.10. The summed E-state index contributed by atoms with van der Waals surface area (Å²) in [5.74, 6) is -0.236. The minimum Gasteiger partial charge on any atom is -0.399 e. The van der Waals surface area contributed by atoms with Crippen LogP contribution in [-0.2, 0) is 6.54 Å². The molecule has 0 spiro atoms. The molecule has 94 valence electrons. The van der Waals surface area contributed by atoms with E-state index in [-0.39, 0.29) is 5.82 Å². The van der Waals surface area contributed by atoms with Gasteiger partial charge in [-0.3, -0.25) is 4.90 Å². The molecular weight excluding hydrogens is 215 g/mol. The number of halogens is 1. The Bertz CT molecular complexity index is 372. The van der Waals surface area contributed by atoms with Gasteiger partial charge in [0.15, 0.2) is 0 Å². The van der Waals surface area contributed by atoms with Crippen molar-refractivity contribution in [1.29, 1.82) is 0 Å². The summed E-state index contributed by atoms with van der Waals surface area (Å²) in [5.41, 5.74) is 7.17. The summed E-state index contributed by atoms with van der Waals surface area (Å²) in [6.45, 7) is 5.27. The quantitative estimate of drug-likeness (QED) is 0.817. The van der Waals surface area contributed by atoms with Gasteiger partial charge in [0.1, 0.15) is 5.82 Å². The van der Waals surface area contributed by atoms with Crippen LogP contribution in [0, 0.1) is 5.82 Å². The fourth-order valence-corrected chi connectivity index (χ4v) is 2.83. The number of benzene rings is 1. The zero-order valence-electron chi connectivity index (χ0n) is 10.6. The second kappa shape index (κ2) is 5.05. The van der Waals surface area contributed by atoms with Crippen molar-refractivity contribution >= 4 is 5.69 Å². The van der Waals surface area contributed by atoms with Gasteiger partial charge in [0.25, 0.3) is 0 Å². The summed E-state index contributed by atoms with van der Waals surface area (Å²) >= 11 is 0. The van der Waals surface area contributed by atoms with Gasteiger partial charge in [-0.15, -0.1) is 0 Å². The molecule has 0 radical (unpaired) electrons. The SMILES string of the molecule is CCC1CCC(C)N1Cc1cc(N)cc(F)c1. The first-order valence-corrected chi connectivity index (χ1v) is 6.41. The van der Waals surface area contributed by atoms with E-state index in [0.29, 0.717) is 17.8 Å². The highest BCUT2D eigenvalue weighted by Crippen LogP contribution is 2.28. The molecule has 2 rings (SSSR count). The highest BCUT2D eigenvalue weighted by atomic mass is 19.1. The number of nitrogens with two attached hydrogens (primary N) is 1. The number of likely N-dealkylation sites (tertiary alicyclic amines) is 1. The first kappa shape index (κ1) is 12.4. The van der Waals surface area contributed by atoms with Crippen LogP contribution in [-0.4, -0.2) is 17.0 Å². The standard InChI is InChI=1S/C14H21FN2/c1-3-14-5-4-10(2)17(14)9-11-6-12(15)8-13(16)7-11/h6-8,10,14H,3-5,9,16H2,1-2H3. The van der Waals surface area contributed by atoms with Crippen LogP contribution in [0.5, 0.6) is 0 Å². The second-order valence-corrected chi connectivity index (χ2v) is 5.05. The fraction of sp³-hybridized carbons (Fsp3) is 0.571. The molecule has 0 aromatic heterocycles. The average Bonchev–Trinajstić information content (AvgIpc) is 2.59. The minimum absolute atomic E-state index is 0.236. The average molecular weight is 236 g/mol. The summed E-state index contributed by atoms with van der Waals surface area (Å²) in [6.07, 6.45) is 3.65. The van der Waals surface area contributed by atoms with E-state index >= 15 is 0 Å². The highest BCUT2D eigenvalue weighted by Gasteiger charge is 2.28. The molecule has 0 amide bonds. The van der Waals surface area contributed by atoms with E-state index in [2.05, 4.69) is 18.7 Å². The van der Waals surface area contributed by atoms with Crippen molar-refractivity contribution in [2.45, 2.75) is 51.7 Å². The molecule has 1 aromatic carbocycles. The lowest BCUT2D eigenvalue weighted by Crippen LogP contribution is -2.33. The number of rotatable bonds is 3. The highest BCUT2D eigenvalue weighted by molar-refractivity contribution is 5.41. The molecule has 0 saturated carbocycles. The normalized spacial score (nSPS) is 25.4. The molecule has 2 atom stereocenters. The largest absolute Gasteiger partial charge is 0.399 e. The molecule has 1 heterocycles. The molecule has 2 unspecified atom stereocenters. The van der Waals surface area contributed by atoms with E-state index in [4.69, 9.17) is 5.73 Å². The second-order valence-electron chi connectivity index (χ2n) is 5.05. The van der Waals surface area contributed by atoms with Crippen LogP contribution in [0.3, 0.4) is 0 Å². The third-order valence-electron chi connectivity index (χ3n) is 3.77. The van der Waals surface area contributed by atoms with Gasteiger partial charge in [-0.25, -0.2) is 4.39 Å². The molecule has 1 aliphatic rings. The summed E-state index contributed by atoms with van der Waals surface area (Å²) in [7, 11) is 0. The van der Waals surface area contributed by atoms with E-state index in [1.807, 2.05) is 6.07 Å². The molecule has 2 nitrogen and oxygen atoms in total. The third kappa shape index (κ3) is 2.78. The van der Waals surface area contributed by atoms with Crippen molar-refractivity contribution in [3.05, 3.63) is 29.6 Å². The molecule has 17 heavy (non-hydrogen) atoms. The zero-order chi connectivity index (χ0) is 12.4. The maximum atomic E-state index is 13.3. The van der Waals surface area contributed by atoms with Crippen LogP contribution in [0.1, 0.15) is 38.7 Å². The number of nitrogens with zero attached hydrogens (tertiary/aromatic N) is 1. The van der Waals surface area contributed by atoms with Crippen molar-refractivity contribution < 1.29 is 4.39 Å².